The number of aryl methyl sites for hydroxylation is 1. The van der Waals surface area contributed by atoms with Gasteiger partial charge in [0.1, 0.15) is 5.82 Å². The Morgan fingerprint density at radius 2 is 1.89 bits per heavy atom. The molecule has 0 aliphatic heterocycles. The Balaban J connectivity index is 2.26. The van der Waals surface area contributed by atoms with E-state index in [0.717, 1.165) is 12.0 Å². The van der Waals surface area contributed by atoms with Crippen LogP contribution in [0.3, 0.4) is 0 Å². The van der Waals surface area contributed by atoms with Crippen LogP contribution in [0, 0.1) is 5.82 Å². The Morgan fingerprint density at radius 3 is 2.58 bits per heavy atom. The van der Waals surface area contributed by atoms with Crippen LogP contribution in [0.2, 0.25) is 0 Å². The van der Waals surface area contributed by atoms with Crippen molar-refractivity contribution < 1.29 is 9.18 Å². The van der Waals surface area contributed by atoms with Gasteiger partial charge in [-0.3, -0.25) is 4.79 Å². The number of hydrogen-bond acceptors (Lipinski definition) is 1. The molecule has 3 heteroatoms. The highest BCUT2D eigenvalue weighted by atomic mass is 79.9. The summed E-state index contributed by atoms with van der Waals surface area (Å²) in [7, 11) is 0. The number of rotatable bonds is 4. The fraction of sp³-hybridized carbons (Fsp3) is 0.188. The van der Waals surface area contributed by atoms with E-state index >= 15 is 0 Å². The first-order chi connectivity index (χ1) is 9.11. The second-order valence-electron chi connectivity index (χ2n) is 4.35. The molecule has 0 unspecified atom stereocenters. The van der Waals surface area contributed by atoms with Gasteiger partial charge in [-0.1, -0.05) is 53.2 Å². The molecule has 0 saturated heterocycles. The van der Waals surface area contributed by atoms with E-state index in [-0.39, 0.29) is 18.0 Å². The molecule has 0 bridgehead atoms. The standard InChI is InChI=1S/C16H14BrFO/c1-2-11-5-3-4-6-14(11)16(19)9-12-7-8-13(17)10-15(12)18/h3-8,10H,2,9H2,1H3. The van der Waals surface area contributed by atoms with Crippen LogP contribution in [-0.2, 0) is 12.8 Å². The van der Waals surface area contributed by atoms with Crippen LogP contribution in [0.15, 0.2) is 46.9 Å². The summed E-state index contributed by atoms with van der Waals surface area (Å²) >= 11 is 3.21. The van der Waals surface area contributed by atoms with E-state index in [1.807, 2.05) is 25.1 Å². The molecule has 0 N–H and O–H groups in total. The molecule has 0 aliphatic rings. The second kappa shape index (κ2) is 6.11. The molecule has 2 rings (SSSR count). The molecule has 0 spiro atoms. The normalized spacial score (nSPS) is 10.5. The highest BCUT2D eigenvalue weighted by molar-refractivity contribution is 9.10. The molecule has 2 aromatic rings. The van der Waals surface area contributed by atoms with Crippen molar-refractivity contribution in [2.24, 2.45) is 0 Å². The van der Waals surface area contributed by atoms with Crippen LogP contribution in [0.4, 0.5) is 4.39 Å². The number of halogens is 2. The Kier molecular flexibility index (Phi) is 4.48. The van der Waals surface area contributed by atoms with E-state index in [1.54, 1.807) is 18.2 Å². The first-order valence-corrected chi connectivity index (χ1v) is 6.96. The summed E-state index contributed by atoms with van der Waals surface area (Å²) in [5.74, 6) is -0.393. The second-order valence-corrected chi connectivity index (χ2v) is 5.26. The summed E-state index contributed by atoms with van der Waals surface area (Å²) in [5, 5.41) is 0. The van der Waals surface area contributed by atoms with Crippen molar-refractivity contribution in [2.75, 3.05) is 0 Å². The van der Waals surface area contributed by atoms with Gasteiger partial charge in [-0.15, -0.1) is 0 Å². The fourth-order valence-electron chi connectivity index (χ4n) is 2.03. The first kappa shape index (κ1) is 13.9. The maximum atomic E-state index is 13.7. The maximum absolute atomic E-state index is 13.7. The van der Waals surface area contributed by atoms with Gasteiger partial charge >= 0.3 is 0 Å². The lowest BCUT2D eigenvalue weighted by Gasteiger charge is -2.07. The van der Waals surface area contributed by atoms with Crippen LogP contribution in [-0.4, -0.2) is 5.78 Å². The molecule has 98 valence electrons. The summed E-state index contributed by atoms with van der Waals surface area (Å²) in [6.45, 7) is 2.01. The third-order valence-corrected chi connectivity index (χ3v) is 3.56. The van der Waals surface area contributed by atoms with Crippen molar-refractivity contribution in [2.45, 2.75) is 19.8 Å². The smallest absolute Gasteiger partial charge is 0.167 e. The average Bonchev–Trinajstić information content (AvgIpc) is 2.41. The highest BCUT2D eigenvalue weighted by Crippen LogP contribution is 2.18. The number of carbonyl (C=O) groups excluding carboxylic acids is 1. The molecular weight excluding hydrogens is 307 g/mol. The predicted molar refractivity (Wildman–Crippen MR) is 78.0 cm³/mol. The number of ketones is 1. The number of carbonyl (C=O) groups is 1. The first-order valence-electron chi connectivity index (χ1n) is 6.17. The topological polar surface area (TPSA) is 17.1 Å². The SMILES string of the molecule is CCc1ccccc1C(=O)Cc1ccc(Br)cc1F. The molecule has 0 atom stereocenters. The van der Waals surface area contributed by atoms with Crippen LogP contribution in [0.5, 0.6) is 0 Å². The van der Waals surface area contributed by atoms with Gasteiger partial charge in [-0.05, 0) is 29.7 Å². The lowest BCUT2D eigenvalue weighted by atomic mass is 9.97. The number of hydrogen-bond donors (Lipinski definition) is 0. The third-order valence-electron chi connectivity index (χ3n) is 3.06. The number of benzene rings is 2. The molecular formula is C16H14BrFO. The van der Waals surface area contributed by atoms with Crippen LogP contribution < -0.4 is 0 Å². The Hall–Kier alpha value is -1.48. The van der Waals surface area contributed by atoms with E-state index < -0.39 is 0 Å². The fourth-order valence-corrected chi connectivity index (χ4v) is 2.37. The third kappa shape index (κ3) is 3.29. The molecule has 0 fully saturated rings. The van der Waals surface area contributed by atoms with Gasteiger partial charge in [0, 0.05) is 16.5 Å². The molecule has 0 aromatic heterocycles. The van der Waals surface area contributed by atoms with E-state index in [9.17, 15) is 9.18 Å². The van der Waals surface area contributed by atoms with Gasteiger partial charge in [0.05, 0.1) is 0 Å². The van der Waals surface area contributed by atoms with Crippen molar-refractivity contribution in [3.8, 4) is 0 Å². The predicted octanol–water partition coefficient (Wildman–Crippen LogP) is 4.58. The Bertz CT molecular complexity index is 607. The molecule has 0 aliphatic carbocycles. The number of Topliss-reactive ketones (excluding diaryl/α,β-unsaturated/α-hetero) is 1. The van der Waals surface area contributed by atoms with E-state index in [4.69, 9.17) is 0 Å². The Morgan fingerprint density at radius 1 is 1.16 bits per heavy atom. The molecule has 0 radical (unpaired) electrons. The van der Waals surface area contributed by atoms with E-state index in [0.29, 0.717) is 15.6 Å². The minimum absolute atomic E-state index is 0.0429. The van der Waals surface area contributed by atoms with Crippen molar-refractivity contribution in [3.63, 3.8) is 0 Å². The van der Waals surface area contributed by atoms with Gasteiger partial charge < -0.3 is 0 Å². The Labute approximate surface area is 120 Å². The van der Waals surface area contributed by atoms with Crippen molar-refractivity contribution in [3.05, 3.63) is 69.4 Å². The molecule has 19 heavy (non-hydrogen) atoms. The lowest BCUT2D eigenvalue weighted by Crippen LogP contribution is -2.08. The lowest BCUT2D eigenvalue weighted by molar-refractivity contribution is 0.0991. The quantitative estimate of drug-likeness (QED) is 0.754. The van der Waals surface area contributed by atoms with Gasteiger partial charge in [0.2, 0.25) is 0 Å². The summed E-state index contributed by atoms with van der Waals surface area (Å²) in [6, 6.07) is 12.3. The minimum atomic E-state index is -0.350. The zero-order valence-electron chi connectivity index (χ0n) is 10.6. The molecule has 2 aromatic carbocycles. The minimum Gasteiger partial charge on any atom is -0.294 e. The largest absolute Gasteiger partial charge is 0.294 e. The van der Waals surface area contributed by atoms with Gasteiger partial charge in [0.15, 0.2) is 5.78 Å². The van der Waals surface area contributed by atoms with Crippen LogP contribution in [0.1, 0.15) is 28.4 Å². The summed E-state index contributed by atoms with van der Waals surface area (Å²) < 4.78 is 14.4. The van der Waals surface area contributed by atoms with Gasteiger partial charge in [-0.25, -0.2) is 4.39 Å². The maximum Gasteiger partial charge on any atom is 0.167 e. The van der Waals surface area contributed by atoms with Crippen molar-refractivity contribution >= 4 is 21.7 Å². The zero-order chi connectivity index (χ0) is 13.8. The summed E-state index contributed by atoms with van der Waals surface area (Å²) in [4.78, 5) is 12.3. The van der Waals surface area contributed by atoms with Crippen molar-refractivity contribution in [1.82, 2.24) is 0 Å². The molecule has 0 amide bonds. The van der Waals surface area contributed by atoms with E-state index in [1.165, 1.54) is 6.07 Å². The molecule has 0 heterocycles. The monoisotopic (exact) mass is 320 g/mol. The summed E-state index contributed by atoms with van der Waals surface area (Å²) in [5.41, 5.74) is 2.12. The molecule has 1 nitrogen and oxygen atoms in total. The van der Waals surface area contributed by atoms with E-state index in [2.05, 4.69) is 15.9 Å². The average molecular weight is 321 g/mol. The van der Waals surface area contributed by atoms with Gasteiger partial charge in [-0.2, -0.15) is 0 Å². The van der Waals surface area contributed by atoms with Crippen molar-refractivity contribution in [1.29, 1.82) is 0 Å². The van der Waals surface area contributed by atoms with Crippen LogP contribution in [0.25, 0.3) is 0 Å². The highest BCUT2D eigenvalue weighted by Gasteiger charge is 2.13. The van der Waals surface area contributed by atoms with Crippen LogP contribution >= 0.6 is 15.9 Å². The molecule has 0 saturated carbocycles. The van der Waals surface area contributed by atoms with Gasteiger partial charge in [0.25, 0.3) is 0 Å². The zero-order valence-corrected chi connectivity index (χ0v) is 12.2. The summed E-state index contributed by atoms with van der Waals surface area (Å²) in [6.07, 6.45) is 0.890.